The van der Waals surface area contributed by atoms with Crippen molar-refractivity contribution in [2.45, 2.75) is 64.3 Å². The second-order valence-electron chi connectivity index (χ2n) is 6.52. The molecule has 0 aliphatic carbocycles. The predicted octanol–water partition coefficient (Wildman–Crippen LogP) is 2.89. The standard InChI is InChI=1S/C18H27N2O3S/c1-5-6-9-17-10-7-8-11-20(17,19)23-24(21,22)18-15(3)12-14(2)13-16(18)4/h12-13,17H,5,7-8,10-11,19H2,1-4H3/q+1. The molecule has 0 amide bonds. The molecule has 5 nitrogen and oxygen atoms in total. The molecule has 1 fully saturated rings. The summed E-state index contributed by atoms with van der Waals surface area (Å²) in [7, 11) is -3.97. The maximum atomic E-state index is 12.9. The first kappa shape index (κ1) is 18.9. The van der Waals surface area contributed by atoms with Crippen LogP contribution in [0.4, 0.5) is 0 Å². The number of rotatable bonds is 3. The van der Waals surface area contributed by atoms with E-state index in [-0.39, 0.29) is 10.9 Å². The van der Waals surface area contributed by atoms with Gasteiger partial charge in [0.25, 0.3) is 0 Å². The van der Waals surface area contributed by atoms with E-state index in [1.807, 2.05) is 26.0 Å². The number of nitrogens with two attached hydrogens (primary N) is 1. The van der Waals surface area contributed by atoms with Gasteiger partial charge < -0.3 is 0 Å². The molecule has 2 rings (SSSR count). The quantitative estimate of drug-likeness (QED) is 0.516. The van der Waals surface area contributed by atoms with Crippen LogP contribution in [0.25, 0.3) is 0 Å². The summed E-state index contributed by atoms with van der Waals surface area (Å²) in [6.45, 7) is 7.89. The lowest BCUT2D eigenvalue weighted by Gasteiger charge is -2.36. The van der Waals surface area contributed by atoms with Crippen LogP contribution < -0.4 is 5.84 Å². The summed E-state index contributed by atoms with van der Waals surface area (Å²) in [6, 6.07) is 3.36. The van der Waals surface area contributed by atoms with E-state index in [1.54, 1.807) is 13.8 Å². The van der Waals surface area contributed by atoms with Gasteiger partial charge in [0, 0.05) is 19.3 Å². The fourth-order valence-corrected chi connectivity index (χ4v) is 4.87. The third kappa shape index (κ3) is 3.98. The fraction of sp³-hybridized carbons (Fsp3) is 0.556. The predicted molar refractivity (Wildman–Crippen MR) is 93.9 cm³/mol. The molecule has 0 radical (unpaired) electrons. The molecule has 1 saturated heterocycles. The van der Waals surface area contributed by atoms with E-state index in [1.165, 1.54) is 0 Å². The molecule has 2 unspecified atom stereocenters. The summed E-state index contributed by atoms with van der Waals surface area (Å²) >= 11 is 0. The van der Waals surface area contributed by atoms with Crippen LogP contribution in [-0.2, 0) is 14.4 Å². The van der Waals surface area contributed by atoms with E-state index >= 15 is 0 Å². The first-order valence-corrected chi connectivity index (χ1v) is 9.79. The van der Waals surface area contributed by atoms with Crippen LogP contribution in [-0.4, -0.2) is 25.8 Å². The highest BCUT2D eigenvalue weighted by atomic mass is 32.2. The number of quaternary nitrogens is 1. The van der Waals surface area contributed by atoms with E-state index in [0.717, 1.165) is 24.8 Å². The molecule has 2 atom stereocenters. The largest absolute Gasteiger partial charge is 0.345 e. The monoisotopic (exact) mass is 351 g/mol. The molecule has 0 aromatic heterocycles. The molecule has 0 bridgehead atoms. The average Bonchev–Trinajstić information content (AvgIpc) is 2.43. The zero-order valence-corrected chi connectivity index (χ0v) is 15.7. The minimum atomic E-state index is -3.97. The summed E-state index contributed by atoms with van der Waals surface area (Å²) in [6.07, 6.45) is 3.25. The van der Waals surface area contributed by atoms with Gasteiger partial charge in [-0.1, -0.05) is 35.3 Å². The summed E-state index contributed by atoms with van der Waals surface area (Å²) in [5, 5.41) is 0. The van der Waals surface area contributed by atoms with Crippen molar-refractivity contribution in [3.8, 4) is 11.8 Å². The van der Waals surface area contributed by atoms with E-state index in [9.17, 15) is 8.42 Å². The smallest absolute Gasteiger partial charge is 0.189 e. The second kappa shape index (κ2) is 7.24. The molecule has 132 valence electrons. The Kier molecular flexibility index (Phi) is 5.71. The normalized spacial score (nSPS) is 24.3. The Morgan fingerprint density at radius 1 is 1.25 bits per heavy atom. The Balaban J connectivity index is 2.40. The topological polar surface area (TPSA) is 69.4 Å². The van der Waals surface area contributed by atoms with Gasteiger partial charge in [-0.05, 0) is 48.5 Å². The summed E-state index contributed by atoms with van der Waals surface area (Å²) in [5.74, 6) is 12.4. The van der Waals surface area contributed by atoms with Crippen LogP contribution in [0.1, 0.15) is 49.3 Å². The molecular weight excluding hydrogens is 324 g/mol. The van der Waals surface area contributed by atoms with E-state index in [4.69, 9.17) is 10.1 Å². The molecule has 6 heteroatoms. The van der Waals surface area contributed by atoms with Crippen LogP contribution in [0.2, 0.25) is 0 Å². The zero-order valence-electron chi connectivity index (χ0n) is 14.9. The third-order valence-corrected chi connectivity index (χ3v) is 5.92. The molecule has 1 aromatic rings. The van der Waals surface area contributed by atoms with Crippen molar-refractivity contribution in [1.82, 2.24) is 0 Å². The van der Waals surface area contributed by atoms with Gasteiger partial charge in [-0.2, -0.15) is 8.42 Å². The number of hydroxylamine groups is 2. The second-order valence-corrected chi connectivity index (χ2v) is 7.99. The lowest BCUT2D eigenvalue weighted by atomic mass is 10.0. The minimum Gasteiger partial charge on any atom is -0.189 e. The number of piperidine rings is 1. The van der Waals surface area contributed by atoms with Crippen LogP contribution in [0.15, 0.2) is 17.0 Å². The molecule has 2 N–H and O–H groups in total. The summed E-state index contributed by atoms with van der Waals surface area (Å²) < 4.78 is 30.9. The van der Waals surface area contributed by atoms with Gasteiger partial charge >= 0.3 is 10.1 Å². The van der Waals surface area contributed by atoms with Crippen molar-refractivity contribution < 1.29 is 17.5 Å². The maximum Gasteiger partial charge on any atom is 0.345 e. The fourth-order valence-electron chi connectivity index (χ4n) is 3.34. The van der Waals surface area contributed by atoms with Crippen molar-refractivity contribution in [1.29, 1.82) is 0 Å². The van der Waals surface area contributed by atoms with Crippen molar-refractivity contribution in [3.63, 3.8) is 0 Å². The van der Waals surface area contributed by atoms with Gasteiger partial charge in [-0.15, -0.1) is 5.84 Å². The van der Waals surface area contributed by atoms with Gasteiger partial charge in [0.05, 0.1) is 0 Å². The minimum absolute atomic E-state index is 0.212. The van der Waals surface area contributed by atoms with Gasteiger partial charge in [-0.3, -0.25) is 0 Å². The van der Waals surface area contributed by atoms with Gasteiger partial charge in [0.15, 0.2) is 6.04 Å². The first-order valence-electron chi connectivity index (χ1n) is 8.38. The molecule has 1 aliphatic heterocycles. The van der Waals surface area contributed by atoms with Gasteiger partial charge in [0.2, 0.25) is 0 Å². The number of nitrogens with zero attached hydrogens (tertiary/aromatic N) is 1. The maximum absolute atomic E-state index is 12.9. The molecule has 1 aliphatic rings. The average molecular weight is 351 g/mol. The van der Waals surface area contributed by atoms with Crippen molar-refractivity contribution in [3.05, 3.63) is 28.8 Å². The highest BCUT2D eigenvalue weighted by Crippen LogP contribution is 2.29. The molecule has 24 heavy (non-hydrogen) atoms. The summed E-state index contributed by atoms with van der Waals surface area (Å²) in [4.78, 5) is 0.212. The Bertz CT molecular complexity index is 754. The SMILES string of the molecule is CCC#CC1CCCC[N+]1(N)OS(=O)(=O)c1c(C)cc(C)cc1C. The Hall–Kier alpha value is -1.39. The molecule has 1 aromatic carbocycles. The molecule has 0 saturated carbocycles. The van der Waals surface area contributed by atoms with Crippen molar-refractivity contribution in [2.24, 2.45) is 5.84 Å². The van der Waals surface area contributed by atoms with E-state index < -0.39 is 14.9 Å². The third-order valence-electron chi connectivity index (χ3n) is 4.30. The molecule has 1 heterocycles. The lowest BCUT2D eigenvalue weighted by molar-refractivity contribution is -1.11. The Morgan fingerprint density at radius 2 is 1.88 bits per heavy atom. The van der Waals surface area contributed by atoms with Crippen LogP contribution >= 0.6 is 0 Å². The van der Waals surface area contributed by atoms with Gasteiger partial charge in [-0.25, -0.2) is 0 Å². The Morgan fingerprint density at radius 3 is 2.46 bits per heavy atom. The highest BCUT2D eigenvalue weighted by molar-refractivity contribution is 7.86. The Labute approximate surface area is 145 Å². The first-order chi connectivity index (χ1) is 11.2. The van der Waals surface area contributed by atoms with Crippen LogP contribution in [0, 0.1) is 32.6 Å². The zero-order chi connectivity index (χ0) is 18.0. The van der Waals surface area contributed by atoms with Crippen molar-refractivity contribution in [2.75, 3.05) is 6.54 Å². The number of hydrogen-bond donors (Lipinski definition) is 1. The number of hydrogen-bond acceptors (Lipinski definition) is 4. The van der Waals surface area contributed by atoms with Crippen LogP contribution in [0.3, 0.4) is 0 Å². The van der Waals surface area contributed by atoms with Gasteiger partial charge in [0.1, 0.15) is 11.4 Å². The van der Waals surface area contributed by atoms with Crippen LogP contribution in [0.5, 0.6) is 0 Å². The van der Waals surface area contributed by atoms with E-state index in [2.05, 4.69) is 11.8 Å². The molecule has 0 spiro atoms. The highest BCUT2D eigenvalue weighted by Gasteiger charge is 2.44. The summed E-state index contributed by atoms with van der Waals surface area (Å²) in [5.41, 5.74) is 2.37. The van der Waals surface area contributed by atoms with Crippen molar-refractivity contribution >= 4 is 10.1 Å². The number of benzene rings is 1. The lowest BCUT2D eigenvalue weighted by Crippen LogP contribution is -2.63. The molecular formula is C18H27N2O3S+. The van der Waals surface area contributed by atoms with E-state index in [0.29, 0.717) is 24.1 Å². The number of aryl methyl sites for hydroxylation is 3.